The molecule has 0 atom stereocenters. The van der Waals surface area contributed by atoms with E-state index in [0.717, 1.165) is 25.1 Å². The maximum atomic E-state index is 12.7. The Morgan fingerprint density at radius 3 is 2.52 bits per heavy atom. The van der Waals surface area contributed by atoms with Gasteiger partial charge in [0.1, 0.15) is 11.6 Å². The zero-order valence-corrected chi connectivity index (χ0v) is 19.6. The number of esters is 1. The van der Waals surface area contributed by atoms with Gasteiger partial charge in [0.05, 0.1) is 19.3 Å². The van der Waals surface area contributed by atoms with Crippen LogP contribution in [0.1, 0.15) is 23.2 Å². The Kier molecular flexibility index (Phi) is 9.02. The molecule has 150 valence electrons. The van der Waals surface area contributed by atoms with Crippen molar-refractivity contribution < 1.29 is 78.6 Å². The van der Waals surface area contributed by atoms with Gasteiger partial charge in [0.15, 0.2) is 0 Å². The molecule has 5 nitrogen and oxygen atoms in total. The van der Waals surface area contributed by atoms with Crippen molar-refractivity contribution in [2.75, 3.05) is 31.7 Å². The number of anilines is 1. The summed E-state index contributed by atoms with van der Waals surface area (Å²) in [5.41, 5.74) is -0.245. The molecule has 10 heteroatoms. The monoisotopic (exact) mass is 432 g/mol. The van der Waals surface area contributed by atoms with Crippen molar-refractivity contribution in [3.63, 3.8) is 0 Å². The standard InChI is InChI=1S/C19H21BF3N2O3.K/c1-27-19(26)15-3-2-4-17(11-15)28-13-14-7-9-25(10-8-14)18-6-5-16(12-24-18)20(21,22)23;/h2-6,11-12,14H,7-10,13H2,1H3;/q-1;+1. The number of piperidine rings is 1. The summed E-state index contributed by atoms with van der Waals surface area (Å²) in [7, 11) is 1.33. The SMILES string of the molecule is COC(=O)c1cccc(OCC2CCN(c3ccc([B-](F)(F)F)cn3)CC2)c1.[K+]. The molecule has 2 aromatic rings. The summed E-state index contributed by atoms with van der Waals surface area (Å²) in [5.74, 6) is 1.09. The van der Waals surface area contributed by atoms with E-state index in [1.54, 1.807) is 24.3 Å². The number of ether oxygens (including phenoxy) is 2. The number of aromatic nitrogens is 1. The van der Waals surface area contributed by atoms with Crippen LogP contribution in [0.3, 0.4) is 0 Å². The van der Waals surface area contributed by atoms with E-state index in [0.29, 0.717) is 42.7 Å². The van der Waals surface area contributed by atoms with Gasteiger partial charge in [-0.3, -0.25) is 0 Å². The smallest absolute Gasteiger partial charge is 0.493 e. The first-order valence-corrected chi connectivity index (χ1v) is 9.09. The summed E-state index contributed by atoms with van der Waals surface area (Å²) in [6.07, 6.45) is 2.60. The predicted molar refractivity (Wildman–Crippen MR) is 101 cm³/mol. The van der Waals surface area contributed by atoms with E-state index >= 15 is 0 Å². The van der Waals surface area contributed by atoms with Crippen LogP contribution in [0.4, 0.5) is 18.8 Å². The third-order valence-electron chi connectivity index (χ3n) is 4.83. The van der Waals surface area contributed by atoms with E-state index in [9.17, 15) is 17.7 Å². The Balaban J connectivity index is 0.00000300. The molecule has 0 aliphatic carbocycles. The van der Waals surface area contributed by atoms with Gasteiger partial charge in [0.2, 0.25) is 0 Å². The van der Waals surface area contributed by atoms with Crippen molar-refractivity contribution in [3.8, 4) is 5.75 Å². The zero-order chi connectivity index (χ0) is 20.1. The van der Waals surface area contributed by atoms with Crippen LogP contribution in [0.25, 0.3) is 0 Å². The van der Waals surface area contributed by atoms with Crippen molar-refractivity contribution in [2.24, 2.45) is 5.92 Å². The van der Waals surface area contributed by atoms with Crippen LogP contribution in [0, 0.1) is 5.92 Å². The number of hydrogen-bond donors (Lipinski definition) is 0. The molecule has 0 unspecified atom stereocenters. The van der Waals surface area contributed by atoms with E-state index in [1.807, 2.05) is 4.90 Å². The number of hydrogen-bond acceptors (Lipinski definition) is 5. The van der Waals surface area contributed by atoms with Gasteiger partial charge in [-0.1, -0.05) is 17.6 Å². The minimum absolute atomic E-state index is 0. The molecule has 29 heavy (non-hydrogen) atoms. The second-order valence-corrected chi connectivity index (χ2v) is 6.79. The van der Waals surface area contributed by atoms with Crippen LogP contribution in [0.2, 0.25) is 0 Å². The molecular weight excluding hydrogens is 411 g/mol. The first-order chi connectivity index (χ1) is 13.4. The summed E-state index contributed by atoms with van der Waals surface area (Å²) >= 11 is 0. The van der Waals surface area contributed by atoms with Gasteiger partial charge in [-0.2, -0.15) is 0 Å². The molecule has 1 aromatic carbocycles. The topological polar surface area (TPSA) is 51.7 Å². The number of carbonyl (C=O) groups excluding carboxylic acids is 1. The number of halogens is 3. The number of nitrogens with zero attached hydrogens (tertiary/aromatic N) is 2. The summed E-state index contributed by atoms with van der Waals surface area (Å²) in [4.78, 5) is 17.5. The fourth-order valence-corrected chi connectivity index (χ4v) is 3.15. The third kappa shape index (κ3) is 6.71. The zero-order valence-electron chi connectivity index (χ0n) is 16.5. The first-order valence-electron chi connectivity index (χ1n) is 9.09. The second kappa shape index (κ2) is 10.8. The molecule has 1 aliphatic rings. The predicted octanol–water partition coefficient (Wildman–Crippen LogP) is 0.222. The average Bonchev–Trinajstić information content (AvgIpc) is 2.72. The first kappa shape index (κ1) is 24.2. The van der Waals surface area contributed by atoms with Gasteiger partial charge >= 0.3 is 64.3 Å². The Hall–Kier alpha value is -1.07. The van der Waals surface area contributed by atoms with Crippen LogP contribution >= 0.6 is 0 Å². The number of pyridine rings is 1. The van der Waals surface area contributed by atoms with Crippen molar-refractivity contribution in [1.29, 1.82) is 0 Å². The van der Waals surface area contributed by atoms with Crippen molar-refractivity contribution >= 4 is 24.2 Å². The molecule has 1 fully saturated rings. The molecule has 1 aromatic heterocycles. The number of benzene rings is 1. The van der Waals surface area contributed by atoms with Gasteiger partial charge in [0, 0.05) is 19.3 Å². The number of carbonyl (C=O) groups is 1. The van der Waals surface area contributed by atoms with Gasteiger partial charge in [-0.15, -0.1) is 0 Å². The van der Waals surface area contributed by atoms with Gasteiger partial charge < -0.3 is 27.3 Å². The van der Waals surface area contributed by atoms with E-state index in [1.165, 1.54) is 13.2 Å². The maximum absolute atomic E-state index is 12.7. The van der Waals surface area contributed by atoms with E-state index in [-0.39, 0.29) is 51.4 Å². The van der Waals surface area contributed by atoms with Crippen molar-refractivity contribution in [3.05, 3.63) is 48.2 Å². The van der Waals surface area contributed by atoms with Gasteiger partial charge in [0.25, 0.3) is 0 Å². The van der Waals surface area contributed by atoms with Crippen LogP contribution in [0.5, 0.6) is 5.75 Å². The molecule has 0 saturated carbocycles. The molecule has 0 spiro atoms. The van der Waals surface area contributed by atoms with Crippen LogP contribution in [-0.4, -0.2) is 44.7 Å². The third-order valence-corrected chi connectivity index (χ3v) is 4.83. The summed E-state index contributed by atoms with van der Waals surface area (Å²) in [6, 6.07) is 9.35. The normalized spacial score (nSPS) is 14.8. The Morgan fingerprint density at radius 1 is 1.21 bits per heavy atom. The largest absolute Gasteiger partial charge is 1.00 e. The van der Waals surface area contributed by atoms with Crippen molar-refractivity contribution in [2.45, 2.75) is 12.8 Å². The summed E-state index contributed by atoms with van der Waals surface area (Å²) in [5, 5.41) is 0. The van der Waals surface area contributed by atoms with Crippen LogP contribution < -0.4 is 66.5 Å². The van der Waals surface area contributed by atoms with Crippen LogP contribution in [0.15, 0.2) is 42.6 Å². The molecule has 2 heterocycles. The second-order valence-electron chi connectivity index (χ2n) is 6.79. The van der Waals surface area contributed by atoms with Gasteiger partial charge in [-0.25, -0.2) is 9.78 Å². The van der Waals surface area contributed by atoms with E-state index in [2.05, 4.69) is 4.98 Å². The molecule has 0 N–H and O–H groups in total. The number of methoxy groups -OCH3 is 1. The average molecular weight is 432 g/mol. The fraction of sp³-hybridized carbons (Fsp3) is 0.368. The quantitative estimate of drug-likeness (QED) is 0.483. The van der Waals surface area contributed by atoms with Crippen molar-refractivity contribution in [1.82, 2.24) is 4.98 Å². The molecule has 3 rings (SSSR count). The Morgan fingerprint density at radius 2 is 1.93 bits per heavy atom. The minimum atomic E-state index is -5.02. The molecular formula is C19H21BF3KN2O3. The molecule has 1 saturated heterocycles. The Bertz CT molecular complexity index is 813. The number of rotatable bonds is 6. The fourth-order valence-electron chi connectivity index (χ4n) is 3.15. The van der Waals surface area contributed by atoms with Crippen LogP contribution in [-0.2, 0) is 4.74 Å². The minimum Gasteiger partial charge on any atom is -0.493 e. The molecule has 0 bridgehead atoms. The van der Waals surface area contributed by atoms with Gasteiger partial charge in [-0.05, 0) is 43.0 Å². The van der Waals surface area contributed by atoms with E-state index in [4.69, 9.17) is 9.47 Å². The molecule has 0 radical (unpaired) electrons. The van der Waals surface area contributed by atoms with E-state index < -0.39 is 18.4 Å². The summed E-state index contributed by atoms with van der Waals surface area (Å²) in [6.45, 7) is -3.08. The summed E-state index contributed by atoms with van der Waals surface area (Å²) < 4.78 is 48.6. The Labute approximate surface area is 210 Å². The maximum Gasteiger partial charge on any atom is 1.00 e. The molecule has 1 aliphatic heterocycles. The molecule has 0 amide bonds.